The number of hydrogen-bond donors (Lipinski definition) is 2. The Kier molecular flexibility index (Phi) is 4.10. The Morgan fingerprint density at radius 1 is 1.64 bits per heavy atom. The van der Waals surface area contributed by atoms with Gasteiger partial charge in [-0.2, -0.15) is 5.10 Å². The largest absolute Gasteiger partial charge is 0.396 e. The monoisotopic (exact) mass is 197 g/mol. The van der Waals surface area contributed by atoms with Gasteiger partial charge >= 0.3 is 0 Å². The molecule has 0 spiro atoms. The molecule has 1 heterocycles. The first-order valence-electron chi connectivity index (χ1n) is 5.07. The first-order valence-corrected chi connectivity index (χ1v) is 5.07. The van der Waals surface area contributed by atoms with Gasteiger partial charge < -0.3 is 10.8 Å². The SMILES string of the molecule is CCn1cc(C(CCO)C(C)N)cn1. The van der Waals surface area contributed by atoms with E-state index in [9.17, 15) is 0 Å². The summed E-state index contributed by atoms with van der Waals surface area (Å²) in [4.78, 5) is 0. The summed E-state index contributed by atoms with van der Waals surface area (Å²) in [5.74, 6) is 0.209. The third-order valence-corrected chi connectivity index (χ3v) is 2.48. The van der Waals surface area contributed by atoms with Crippen LogP contribution in [0.1, 0.15) is 31.7 Å². The molecule has 0 saturated heterocycles. The van der Waals surface area contributed by atoms with Gasteiger partial charge in [0.05, 0.1) is 6.20 Å². The molecule has 1 aromatic rings. The summed E-state index contributed by atoms with van der Waals surface area (Å²) in [6.45, 7) is 5.04. The van der Waals surface area contributed by atoms with Crippen LogP contribution < -0.4 is 5.73 Å². The summed E-state index contributed by atoms with van der Waals surface area (Å²) in [6, 6.07) is 0.0525. The standard InChI is InChI=1S/C10H19N3O/c1-3-13-7-9(6-12-13)10(4-5-14)8(2)11/h6-8,10,14H,3-5,11H2,1-2H3. The molecule has 2 unspecified atom stereocenters. The molecule has 2 atom stereocenters. The van der Waals surface area contributed by atoms with Crippen molar-refractivity contribution in [1.29, 1.82) is 0 Å². The van der Waals surface area contributed by atoms with Crippen molar-refractivity contribution in [2.75, 3.05) is 6.61 Å². The van der Waals surface area contributed by atoms with Gasteiger partial charge in [-0.1, -0.05) is 0 Å². The minimum absolute atomic E-state index is 0.0525. The molecule has 0 aliphatic rings. The first kappa shape index (κ1) is 11.2. The Bertz CT molecular complexity index is 270. The fourth-order valence-electron chi connectivity index (χ4n) is 1.62. The molecule has 14 heavy (non-hydrogen) atoms. The average molecular weight is 197 g/mol. The van der Waals surface area contributed by atoms with Gasteiger partial charge in [-0.15, -0.1) is 0 Å². The van der Waals surface area contributed by atoms with Gasteiger partial charge in [-0.05, 0) is 25.8 Å². The summed E-state index contributed by atoms with van der Waals surface area (Å²) in [5, 5.41) is 13.1. The highest BCUT2D eigenvalue weighted by Crippen LogP contribution is 2.21. The number of nitrogens with zero attached hydrogens (tertiary/aromatic N) is 2. The lowest BCUT2D eigenvalue weighted by molar-refractivity contribution is 0.269. The highest BCUT2D eigenvalue weighted by molar-refractivity contribution is 5.13. The van der Waals surface area contributed by atoms with Crippen LogP contribution in [0.5, 0.6) is 0 Å². The first-order chi connectivity index (χ1) is 6.69. The highest BCUT2D eigenvalue weighted by atomic mass is 16.3. The normalized spacial score (nSPS) is 15.4. The fraction of sp³-hybridized carbons (Fsp3) is 0.700. The molecule has 3 N–H and O–H groups in total. The van der Waals surface area contributed by atoms with Crippen LogP contribution in [0.2, 0.25) is 0 Å². The minimum atomic E-state index is 0.0525. The number of hydrogen-bond acceptors (Lipinski definition) is 3. The minimum Gasteiger partial charge on any atom is -0.396 e. The number of nitrogens with two attached hydrogens (primary N) is 1. The lowest BCUT2D eigenvalue weighted by Gasteiger charge is -2.17. The second-order valence-corrected chi connectivity index (χ2v) is 3.61. The van der Waals surface area contributed by atoms with E-state index in [0.717, 1.165) is 12.1 Å². The van der Waals surface area contributed by atoms with Crippen LogP contribution >= 0.6 is 0 Å². The van der Waals surface area contributed by atoms with Crippen molar-refractivity contribution < 1.29 is 5.11 Å². The van der Waals surface area contributed by atoms with Crippen LogP contribution in [0.3, 0.4) is 0 Å². The molecule has 0 aliphatic carbocycles. The smallest absolute Gasteiger partial charge is 0.0525 e. The highest BCUT2D eigenvalue weighted by Gasteiger charge is 2.17. The van der Waals surface area contributed by atoms with Crippen molar-refractivity contribution in [3.05, 3.63) is 18.0 Å². The van der Waals surface area contributed by atoms with Crippen molar-refractivity contribution in [3.63, 3.8) is 0 Å². The van der Waals surface area contributed by atoms with E-state index in [1.54, 1.807) is 0 Å². The van der Waals surface area contributed by atoms with Crippen molar-refractivity contribution in [3.8, 4) is 0 Å². The van der Waals surface area contributed by atoms with Gasteiger partial charge in [0, 0.05) is 31.3 Å². The molecule has 0 bridgehead atoms. The molecular formula is C10H19N3O. The molecule has 0 aliphatic heterocycles. The van der Waals surface area contributed by atoms with Gasteiger partial charge in [0.2, 0.25) is 0 Å². The average Bonchev–Trinajstić information content (AvgIpc) is 2.61. The van der Waals surface area contributed by atoms with E-state index >= 15 is 0 Å². The summed E-state index contributed by atoms with van der Waals surface area (Å²) < 4.78 is 1.88. The molecule has 80 valence electrons. The summed E-state index contributed by atoms with van der Waals surface area (Å²) in [5.41, 5.74) is 6.98. The Hall–Kier alpha value is -0.870. The second-order valence-electron chi connectivity index (χ2n) is 3.61. The zero-order valence-electron chi connectivity index (χ0n) is 8.85. The van der Waals surface area contributed by atoms with E-state index in [-0.39, 0.29) is 18.6 Å². The summed E-state index contributed by atoms with van der Waals surface area (Å²) >= 11 is 0. The fourth-order valence-corrected chi connectivity index (χ4v) is 1.62. The molecule has 0 radical (unpaired) electrons. The zero-order chi connectivity index (χ0) is 10.6. The van der Waals surface area contributed by atoms with E-state index in [4.69, 9.17) is 10.8 Å². The van der Waals surface area contributed by atoms with E-state index in [2.05, 4.69) is 5.10 Å². The van der Waals surface area contributed by atoms with Gasteiger partial charge in [-0.25, -0.2) is 0 Å². The van der Waals surface area contributed by atoms with Crippen LogP contribution in [0.25, 0.3) is 0 Å². The quantitative estimate of drug-likeness (QED) is 0.731. The lowest BCUT2D eigenvalue weighted by atomic mass is 9.93. The number of aromatic nitrogens is 2. The van der Waals surface area contributed by atoms with E-state index in [0.29, 0.717) is 6.42 Å². The topological polar surface area (TPSA) is 64.1 Å². The van der Waals surface area contributed by atoms with Gasteiger partial charge in [-0.3, -0.25) is 4.68 Å². The molecule has 0 fully saturated rings. The molecule has 4 heteroatoms. The van der Waals surface area contributed by atoms with Crippen molar-refractivity contribution >= 4 is 0 Å². The predicted molar refractivity (Wildman–Crippen MR) is 56.0 cm³/mol. The van der Waals surface area contributed by atoms with Gasteiger partial charge in [0.15, 0.2) is 0 Å². The maximum atomic E-state index is 8.93. The number of aryl methyl sites for hydroxylation is 1. The maximum absolute atomic E-state index is 8.93. The van der Waals surface area contributed by atoms with Crippen LogP contribution in [0.4, 0.5) is 0 Å². The Morgan fingerprint density at radius 2 is 2.36 bits per heavy atom. The van der Waals surface area contributed by atoms with Gasteiger partial charge in [0.1, 0.15) is 0 Å². The molecule has 1 aromatic heterocycles. The molecule has 4 nitrogen and oxygen atoms in total. The lowest BCUT2D eigenvalue weighted by Crippen LogP contribution is -2.25. The molecule has 0 amide bonds. The van der Waals surface area contributed by atoms with Crippen LogP contribution in [-0.4, -0.2) is 27.5 Å². The van der Waals surface area contributed by atoms with Crippen LogP contribution in [0, 0.1) is 0 Å². The third kappa shape index (κ3) is 2.56. The molecule has 0 saturated carbocycles. The molecular weight excluding hydrogens is 178 g/mol. The summed E-state index contributed by atoms with van der Waals surface area (Å²) in [6.07, 6.45) is 4.55. The third-order valence-electron chi connectivity index (χ3n) is 2.48. The van der Waals surface area contributed by atoms with Gasteiger partial charge in [0.25, 0.3) is 0 Å². The number of aliphatic hydroxyl groups excluding tert-OH is 1. The zero-order valence-corrected chi connectivity index (χ0v) is 8.85. The number of rotatable bonds is 5. The Balaban J connectivity index is 2.76. The van der Waals surface area contributed by atoms with Crippen LogP contribution in [0.15, 0.2) is 12.4 Å². The molecule has 1 rings (SSSR count). The summed E-state index contributed by atoms with van der Waals surface area (Å²) in [7, 11) is 0. The number of aliphatic hydroxyl groups is 1. The Morgan fingerprint density at radius 3 is 2.79 bits per heavy atom. The van der Waals surface area contributed by atoms with Crippen molar-refractivity contribution in [2.24, 2.45) is 5.73 Å². The van der Waals surface area contributed by atoms with Crippen LogP contribution in [-0.2, 0) is 6.54 Å². The Labute approximate surface area is 84.7 Å². The van der Waals surface area contributed by atoms with E-state index < -0.39 is 0 Å². The van der Waals surface area contributed by atoms with E-state index in [1.165, 1.54) is 0 Å². The second kappa shape index (κ2) is 5.12. The molecule has 0 aromatic carbocycles. The predicted octanol–water partition coefficient (Wildman–Crippen LogP) is 0.716. The van der Waals surface area contributed by atoms with Crippen molar-refractivity contribution in [1.82, 2.24) is 9.78 Å². The maximum Gasteiger partial charge on any atom is 0.0525 e. The van der Waals surface area contributed by atoms with E-state index in [1.807, 2.05) is 30.9 Å². The van der Waals surface area contributed by atoms with Crippen molar-refractivity contribution in [2.45, 2.75) is 38.8 Å².